The van der Waals surface area contributed by atoms with Gasteiger partial charge in [-0.3, -0.25) is 9.59 Å². The third-order valence-electron chi connectivity index (χ3n) is 1.68. The Kier molecular flexibility index (Phi) is 14.4. The van der Waals surface area contributed by atoms with Crippen molar-refractivity contribution in [2.24, 2.45) is 0 Å². The Morgan fingerprint density at radius 3 is 1.83 bits per heavy atom. The molecule has 0 atom stereocenters. The lowest BCUT2D eigenvalue weighted by Gasteiger charge is -2.09. The van der Waals surface area contributed by atoms with Crippen LogP contribution in [0, 0.1) is 0 Å². The number of rotatable bonds is 8. The summed E-state index contributed by atoms with van der Waals surface area (Å²) in [5.41, 5.74) is 0. The molecule has 0 heterocycles. The Labute approximate surface area is 116 Å². The SMILES string of the molecule is CC(C)[O][AlH][O]C(C)C.CCCC(=O)CC(=O)O. The standard InChI is InChI=1S/C6H10O3.2C3H7O.Al.H/c1-2-3-5(7)4-6(8)9;2*1-3(2)4;;/h2-4H2,1H3,(H,8,9);2*3H,1-2H3;;/q;2*-1;+2;. The summed E-state index contributed by atoms with van der Waals surface area (Å²) in [4.78, 5) is 20.3. The van der Waals surface area contributed by atoms with Crippen LogP contribution in [0.2, 0.25) is 0 Å². The first-order valence-corrected chi connectivity index (χ1v) is 7.41. The van der Waals surface area contributed by atoms with E-state index < -0.39 is 21.9 Å². The second-order valence-corrected chi connectivity index (χ2v) is 5.31. The number of carboxylic acids is 1. The third kappa shape index (κ3) is 20.9. The van der Waals surface area contributed by atoms with Gasteiger partial charge in [-0.1, -0.05) is 6.92 Å². The van der Waals surface area contributed by atoms with E-state index in [1.165, 1.54) is 0 Å². The lowest BCUT2D eigenvalue weighted by molar-refractivity contribution is -0.140. The van der Waals surface area contributed by atoms with Crippen molar-refractivity contribution in [3.8, 4) is 0 Å². The molecule has 0 aliphatic heterocycles. The highest BCUT2D eigenvalue weighted by atomic mass is 27.2. The molecule has 0 rings (SSSR count). The van der Waals surface area contributed by atoms with Crippen LogP contribution in [0.4, 0.5) is 0 Å². The van der Waals surface area contributed by atoms with Gasteiger partial charge in [0.25, 0.3) is 0 Å². The zero-order valence-electron chi connectivity index (χ0n) is 12.1. The molecule has 0 saturated carbocycles. The van der Waals surface area contributed by atoms with E-state index in [2.05, 4.69) is 0 Å². The summed E-state index contributed by atoms with van der Waals surface area (Å²) in [6.45, 7) is 9.94. The first-order valence-electron chi connectivity index (χ1n) is 6.26. The number of aliphatic carboxylic acids is 1. The number of hydrogen-bond donors (Lipinski definition) is 1. The van der Waals surface area contributed by atoms with E-state index in [0.29, 0.717) is 18.6 Å². The molecule has 0 aliphatic carbocycles. The topological polar surface area (TPSA) is 72.8 Å². The average molecular weight is 276 g/mol. The van der Waals surface area contributed by atoms with Crippen LogP contribution >= 0.6 is 0 Å². The van der Waals surface area contributed by atoms with Crippen molar-refractivity contribution in [1.29, 1.82) is 0 Å². The van der Waals surface area contributed by atoms with Gasteiger partial charge < -0.3 is 12.7 Å². The monoisotopic (exact) mass is 276 g/mol. The van der Waals surface area contributed by atoms with Crippen LogP contribution in [0.3, 0.4) is 0 Å². The van der Waals surface area contributed by atoms with Crippen LogP contribution in [0.1, 0.15) is 53.9 Å². The summed E-state index contributed by atoms with van der Waals surface area (Å²) < 4.78 is 10.5. The second-order valence-electron chi connectivity index (χ2n) is 4.41. The van der Waals surface area contributed by atoms with Gasteiger partial charge in [-0.25, -0.2) is 0 Å². The minimum atomic E-state index is -1.03. The van der Waals surface area contributed by atoms with Crippen LogP contribution < -0.4 is 0 Å². The van der Waals surface area contributed by atoms with Crippen LogP contribution in [0.5, 0.6) is 0 Å². The molecule has 1 N–H and O–H groups in total. The van der Waals surface area contributed by atoms with E-state index in [0.717, 1.165) is 6.42 Å². The lowest BCUT2D eigenvalue weighted by Crippen LogP contribution is -2.14. The molecule has 0 aromatic carbocycles. The first kappa shape index (κ1) is 19.9. The van der Waals surface area contributed by atoms with Crippen molar-refractivity contribution >= 4 is 27.6 Å². The highest BCUT2D eigenvalue weighted by Crippen LogP contribution is 1.92. The normalized spacial score (nSPS) is 9.94. The summed E-state index contributed by atoms with van der Waals surface area (Å²) in [5, 5.41) is 8.09. The molecule has 0 spiro atoms. The summed E-state index contributed by atoms with van der Waals surface area (Å²) in [5.74, 6) is -1.22. The van der Waals surface area contributed by atoms with Crippen LogP contribution in [-0.4, -0.2) is 45.0 Å². The highest BCUT2D eigenvalue weighted by Gasteiger charge is 2.04. The maximum atomic E-state index is 10.5. The second kappa shape index (κ2) is 13.0. The van der Waals surface area contributed by atoms with Gasteiger partial charge in [-0.2, -0.15) is 0 Å². The van der Waals surface area contributed by atoms with Crippen LogP contribution in [-0.2, 0) is 17.2 Å². The molecule has 106 valence electrons. The Morgan fingerprint density at radius 1 is 1.11 bits per heavy atom. The van der Waals surface area contributed by atoms with E-state index in [-0.39, 0.29) is 12.2 Å². The Bertz CT molecular complexity index is 221. The van der Waals surface area contributed by atoms with Crippen molar-refractivity contribution in [1.82, 2.24) is 0 Å². The molecule has 18 heavy (non-hydrogen) atoms. The number of carboxylic acid groups (broad SMARTS) is 1. The predicted molar refractivity (Wildman–Crippen MR) is 71.8 cm³/mol. The van der Waals surface area contributed by atoms with E-state index in [4.69, 9.17) is 12.7 Å². The van der Waals surface area contributed by atoms with Gasteiger partial charge in [0.1, 0.15) is 12.2 Å². The Morgan fingerprint density at radius 2 is 1.56 bits per heavy atom. The molecule has 0 aromatic heterocycles. The van der Waals surface area contributed by atoms with Crippen molar-refractivity contribution in [3.63, 3.8) is 0 Å². The van der Waals surface area contributed by atoms with Crippen molar-refractivity contribution in [3.05, 3.63) is 0 Å². The maximum Gasteiger partial charge on any atom is 0.650 e. The molecule has 0 saturated heterocycles. The Hall–Kier alpha value is -0.408. The molecule has 0 unspecified atom stereocenters. The zero-order chi connectivity index (χ0) is 14.6. The molecule has 0 radical (unpaired) electrons. The Balaban J connectivity index is 0. The number of ketones is 1. The van der Waals surface area contributed by atoms with Crippen LogP contribution in [0.15, 0.2) is 0 Å². The quantitative estimate of drug-likeness (QED) is 0.541. The van der Waals surface area contributed by atoms with Gasteiger partial charge in [-0.15, -0.1) is 0 Å². The third-order valence-corrected chi connectivity index (χ3v) is 3.29. The van der Waals surface area contributed by atoms with Crippen molar-refractivity contribution < 1.29 is 22.3 Å². The fraction of sp³-hybridized carbons (Fsp3) is 0.833. The molecule has 5 nitrogen and oxygen atoms in total. The fourth-order valence-corrected chi connectivity index (χ4v) is 1.47. The zero-order valence-corrected chi connectivity index (χ0v) is 13.5. The molecule has 0 fully saturated rings. The van der Waals surface area contributed by atoms with Gasteiger partial charge in [0.05, 0.1) is 0 Å². The predicted octanol–water partition coefficient (Wildman–Crippen LogP) is 1.93. The smallest absolute Gasteiger partial charge is 0.481 e. The molecular weight excluding hydrogens is 251 g/mol. The van der Waals surface area contributed by atoms with E-state index in [1.54, 1.807) is 0 Å². The summed E-state index contributed by atoms with van der Waals surface area (Å²) in [6, 6.07) is 0. The number of Topliss-reactive ketones (excluding diaryl/α,β-unsaturated/α-hetero) is 1. The molecule has 0 aliphatic rings. The minimum absolute atomic E-state index is 0.190. The van der Waals surface area contributed by atoms with Gasteiger partial charge in [0.2, 0.25) is 0 Å². The fourth-order valence-electron chi connectivity index (χ4n) is 0.847. The minimum Gasteiger partial charge on any atom is -0.481 e. The number of carbonyl (C=O) groups excluding carboxylic acids is 1. The first-order chi connectivity index (χ1) is 8.29. The van der Waals surface area contributed by atoms with Gasteiger partial charge in [-0.05, 0) is 34.1 Å². The van der Waals surface area contributed by atoms with E-state index in [9.17, 15) is 9.59 Å². The maximum absolute atomic E-state index is 10.5. The number of hydrogen-bond acceptors (Lipinski definition) is 4. The summed E-state index contributed by atoms with van der Waals surface area (Å²) in [6.07, 6.45) is 1.44. The van der Waals surface area contributed by atoms with Gasteiger partial charge >= 0.3 is 21.9 Å². The summed E-state index contributed by atoms with van der Waals surface area (Å²) in [7, 11) is 0. The van der Waals surface area contributed by atoms with Crippen LogP contribution in [0.25, 0.3) is 0 Å². The van der Waals surface area contributed by atoms with E-state index in [1.807, 2.05) is 34.6 Å². The molecule has 0 aromatic rings. The van der Waals surface area contributed by atoms with Gasteiger partial charge in [0.15, 0.2) is 0 Å². The lowest BCUT2D eigenvalue weighted by atomic mass is 10.2. The molecule has 0 amide bonds. The van der Waals surface area contributed by atoms with Crippen molar-refractivity contribution in [2.75, 3.05) is 0 Å². The van der Waals surface area contributed by atoms with Crippen molar-refractivity contribution in [2.45, 2.75) is 66.1 Å². The molecule has 0 bridgehead atoms. The average Bonchev–Trinajstić information content (AvgIpc) is 2.16. The molecular formula is C12H25AlO5. The number of carbonyl (C=O) groups is 2. The largest absolute Gasteiger partial charge is 0.650 e. The highest BCUT2D eigenvalue weighted by molar-refractivity contribution is 6.18. The molecule has 6 heteroatoms. The van der Waals surface area contributed by atoms with E-state index >= 15 is 0 Å². The van der Waals surface area contributed by atoms with Gasteiger partial charge in [0, 0.05) is 18.6 Å². The summed E-state index contributed by atoms with van der Waals surface area (Å²) >= 11 is -0.684.